The molecule has 0 unspecified atom stereocenters. The van der Waals surface area contributed by atoms with E-state index in [2.05, 4.69) is 24.9 Å². The lowest BCUT2D eigenvalue weighted by atomic mass is 10.0. The van der Waals surface area contributed by atoms with E-state index < -0.39 is 0 Å². The monoisotopic (exact) mass is 232 g/mol. The van der Waals surface area contributed by atoms with Gasteiger partial charge in [-0.05, 0) is 37.3 Å². The van der Waals surface area contributed by atoms with Gasteiger partial charge in [-0.1, -0.05) is 13.8 Å². The Bertz CT molecular complexity index is 409. The molecule has 0 N–H and O–H groups in total. The summed E-state index contributed by atoms with van der Waals surface area (Å²) in [6.45, 7) is 5.98. The third-order valence-electron chi connectivity index (χ3n) is 3.41. The lowest BCUT2D eigenvalue weighted by molar-refractivity contribution is 0.0791. The molecule has 2 rings (SSSR count). The number of carbonyl (C=O) groups is 1. The van der Waals surface area contributed by atoms with E-state index in [1.807, 2.05) is 4.90 Å². The summed E-state index contributed by atoms with van der Waals surface area (Å²) >= 11 is 0. The molecule has 0 aliphatic carbocycles. The molecule has 1 saturated heterocycles. The first-order valence-electron chi connectivity index (χ1n) is 6.53. The van der Waals surface area contributed by atoms with Gasteiger partial charge in [-0.15, -0.1) is 0 Å². The number of aryl methyl sites for hydroxylation is 2. The number of amides is 1. The number of pyridine rings is 1. The van der Waals surface area contributed by atoms with Crippen molar-refractivity contribution >= 4 is 5.91 Å². The lowest BCUT2D eigenvalue weighted by Gasteiger charge is -2.17. The number of rotatable bonds is 3. The van der Waals surface area contributed by atoms with E-state index in [0.717, 1.165) is 55.6 Å². The normalized spacial score (nSPS) is 15.3. The van der Waals surface area contributed by atoms with Gasteiger partial charge in [0.25, 0.3) is 5.91 Å². The van der Waals surface area contributed by atoms with Crippen LogP contribution in [0.1, 0.15) is 48.3 Å². The number of hydrogen-bond donors (Lipinski definition) is 0. The van der Waals surface area contributed by atoms with E-state index >= 15 is 0 Å². The molecule has 0 bridgehead atoms. The molecule has 92 valence electrons. The molecule has 0 atom stereocenters. The fourth-order valence-electron chi connectivity index (χ4n) is 2.32. The Morgan fingerprint density at radius 3 is 2.59 bits per heavy atom. The van der Waals surface area contributed by atoms with Crippen molar-refractivity contribution in [3.05, 3.63) is 29.1 Å². The summed E-state index contributed by atoms with van der Waals surface area (Å²) in [5, 5.41) is 0. The van der Waals surface area contributed by atoms with Crippen molar-refractivity contribution in [1.29, 1.82) is 0 Å². The molecule has 1 fully saturated rings. The first-order valence-corrected chi connectivity index (χ1v) is 6.53. The van der Waals surface area contributed by atoms with Crippen LogP contribution in [0.3, 0.4) is 0 Å². The molecule has 17 heavy (non-hydrogen) atoms. The molecule has 3 heteroatoms. The van der Waals surface area contributed by atoms with Gasteiger partial charge in [0.15, 0.2) is 0 Å². The zero-order valence-corrected chi connectivity index (χ0v) is 10.7. The zero-order valence-electron chi connectivity index (χ0n) is 10.7. The minimum absolute atomic E-state index is 0.162. The molecular weight excluding hydrogens is 212 g/mol. The summed E-state index contributed by atoms with van der Waals surface area (Å²) in [4.78, 5) is 18.6. The maximum absolute atomic E-state index is 12.3. The fraction of sp³-hybridized carbons (Fsp3) is 0.571. The quantitative estimate of drug-likeness (QED) is 0.802. The molecule has 0 radical (unpaired) electrons. The van der Waals surface area contributed by atoms with Crippen LogP contribution in [0.25, 0.3) is 0 Å². The molecule has 1 amide bonds. The second-order valence-corrected chi connectivity index (χ2v) is 4.54. The van der Waals surface area contributed by atoms with Crippen molar-refractivity contribution in [2.45, 2.75) is 39.5 Å². The third-order valence-corrected chi connectivity index (χ3v) is 3.41. The molecule has 3 nitrogen and oxygen atoms in total. The summed E-state index contributed by atoms with van der Waals surface area (Å²) in [6.07, 6.45) is 5.84. The van der Waals surface area contributed by atoms with Gasteiger partial charge < -0.3 is 4.90 Å². The van der Waals surface area contributed by atoms with Crippen molar-refractivity contribution in [2.24, 2.45) is 0 Å². The molecule has 1 aromatic rings. The van der Waals surface area contributed by atoms with Crippen LogP contribution in [0.15, 0.2) is 12.3 Å². The van der Waals surface area contributed by atoms with Gasteiger partial charge in [-0.2, -0.15) is 0 Å². The van der Waals surface area contributed by atoms with Crippen LogP contribution in [-0.2, 0) is 12.8 Å². The number of carbonyl (C=O) groups excluding carboxylic acids is 1. The van der Waals surface area contributed by atoms with E-state index in [1.54, 1.807) is 6.20 Å². The van der Waals surface area contributed by atoms with Crippen LogP contribution in [0.4, 0.5) is 0 Å². The number of aromatic nitrogens is 1. The Labute approximate surface area is 103 Å². The van der Waals surface area contributed by atoms with Gasteiger partial charge in [-0.25, -0.2) is 0 Å². The van der Waals surface area contributed by atoms with Crippen molar-refractivity contribution in [1.82, 2.24) is 9.88 Å². The van der Waals surface area contributed by atoms with E-state index in [4.69, 9.17) is 0 Å². The summed E-state index contributed by atoms with van der Waals surface area (Å²) < 4.78 is 0. The molecule has 1 aromatic heterocycles. The van der Waals surface area contributed by atoms with Crippen molar-refractivity contribution < 1.29 is 4.79 Å². The SMILES string of the molecule is CCc1cc(CC)c(C(=O)N2CCCC2)cn1. The summed E-state index contributed by atoms with van der Waals surface area (Å²) in [6, 6.07) is 2.07. The Morgan fingerprint density at radius 1 is 1.29 bits per heavy atom. The van der Waals surface area contributed by atoms with Crippen molar-refractivity contribution in [3.8, 4) is 0 Å². The average Bonchev–Trinajstić information content (AvgIpc) is 2.91. The first-order chi connectivity index (χ1) is 8.26. The molecule has 2 heterocycles. The van der Waals surface area contributed by atoms with Gasteiger partial charge >= 0.3 is 0 Å². The molecule has 0 aromatic carbocycles. The van der Waals surface area contributed by atoms with Crippen molar-refractivity contribution in [3.63, 3.8) is 0 Å². The van der Waals surface area contributed by atoms with Crippen LogP contribution in [0, 0.1) is 0 Å². The zero-order chi connectivity index (χ0) is 12.3. The summed E-state index contributed by atoms with van der Waals surface area (Å²) in [7, 11) is 0. The molecule has 1 aliphatic heterocycles. The highest BCUT2D eigenvalue weighted by atomic mass is 16.2. The lowest BCUT2D eigenvalue weighted by Crippen LogP contribution is -2.28. The van der Waals surface area contributed by atoms with Gasteiger partial charge in [-0.3, -0.25) is 9.78 Å². The number of hydrogen-bond acceptors (Lipinski definition) is 2. The van der Waals surface area contributed by atoms with Gasteiger partial charge in [0, 0.05) is 25.0 Å². The second kappa shape index (κ2) is 5.30. The van der Waals surface area contributed by atoms with E-state index in [0.29, 0.717) is 0 Å². The number of likely N-dealkylation sites (tertiary alicyclic amines) is 1. The van der Waals surface area contributed by atoms with Crippen LogP contribution in [0.5, 0.6) is 0 Å². The Balaban J connectivity index is 2.27. The molecule has 0 spiro atoms. The highest BCUT2D eigenvalue weighted by molar-refractivity contribution is 5.95. The van der Waals surface area contributed by atoms with E-state index in [9.17, 15) is 4.79 Å². The maximum atomic E-state index is 12.3. The first kappa shape index (κ1) is 12.1. The minimum atomic E-state index is 0.162. The smallest absolute Gasteiger partial charge is 0.255 e. The van der Waals surface area contributed by atoms with Crippen LogP contribution in [0.2, 0.25) is 0 Å². The van der Waals surface area contributed by atoms with E-state index in [-0.39, 0.29) is 5.91 Å². The number of nitrogens with zero attached hydrogens (tertiary/aromatic N) is 2. The van der Waals surface area contributed by atoms with Crippen LogP contribution < -0.4 is 0 Å². The molecular formula is C14H20N2O. The van der Waals surface area contributed by atoms with Crippen molar-refractivity contribution in [2.75, 3.05) is 13.1 Å². The molecule has 1 aliphatic rings. The predicted molar refractivity (Wildman–Crippen MR) is 68.1 cm³/mol. The fourth-order valence-corrected chi connectivity index (χ4v) is 2.32. The predicted octanol–water partition coefficient (Wildman–Crippen LogP) is 2.44. The Kier molecular flexibility index (Phi) is 3.77. The van der Waals surface area contributed by atoms with Crippen LogP contribution in [-0.4, -0.2) is 28.9 Å². The van der Waals surface area contributed by atoms with Gasteiger partial charge in [0.05, 0.1) is 5.56 Å². The van der Waals surface area contributed by atoms with E-state index in [1.165, 1.54) is 0 Å². The minimum Gasteiger partial charge on any atom is -0.339 e. The topological polar surface area (TPSA) is 33.2 Å². The van der Waals surface area contributed by atoms with Gasteiger partial charge in [0.1, 0.15) is 0 Å². The van der Waals surface area contributed by atoms with Gasteiger partial charge in [0.2, 0.25) is 0 Å². The Morgan fingerprint density at radius 2 is 2.00 bits per heavy atom. The third kappa shape index (κ3) is 2.48. The Hall–Kier alpha value is -1.38. The standard InChI is InChI=1S/C14H20N2O/c1-3-11-9-12(4-2)15-10-13(11)14(17)16-7-5-6-8-16/h9-10H,3-8H2,1-2H3. The largest absolute Gasteiger partial charge is 0.339 e. The average molecular weight is 232 g/mol. The van der Waals surface area contributed by atoms with Crippen LogP contribution >= 0.6 is 0 Å². The highest BCUT2D eigenvalue weighted by Crippen LogP contribution is 2.17. The highest BCUT2D eigenvalue weighted by Gasteiger charge is 2.21. The molecule has 0 saturated carbocycles. The maximum Gasteiger partial charge on any atom is 0.255 e. The summed E-state index contributed by atoms with van der Waals surface area (Å²) in [5.74, 6) is 0.162. The summed E-state index contributed by atoms with van der Waals surface area (Å²) in [5.41, 5.74) is 3.00. The second-order valence-electron chi connectivity index (χ2n) is 4.54.